The lowest BCUT2D eigenvalue weighted by Crippen LogP contribution is -2.14. The SMILES string of the molecule is CC(=O)CC(=O)Nc1cccc(N)c1. The molecule has 1 aromatic rings. The Bertz CT molecular complexity index is 361. The molecule has 0 aliphatic carbocycles. The molecule has 4 nitrogen and oxygen atoms in total. The van der Waals surface area contributed by atoms with E-state index in [4.69, 9.17) is 5.73 Å². The van der Waals surface area contributed by atoms with Crippen molar-refractivity contribution in [3.05, 3.63) is 24.3 Å². The molecule has 0 spiro atoms. The number of ketones is 1. The highest BCUT2D eigenvalue weighted by molar-refractivity contribution is 6.03. The zero-order valence-electron chi connectivity index (χ0n) is 7.91. The summed E-state index contributed by atoms with van der Waals surface area (Å²) >= 11 is 0. The van der Waals surface area contributed by atoms with E-state index in [9.17, 15) is 9.59 Å². The van der Waals surface area contributed by atoms with Crippen molar-refractivity contribution in [2.45, 2.75) is 13.3 Å². The number of benzene rings is 1. The van der Waals surface area contributed by atoms with Gasteiger partial charge in [0.15, 0.2) is 0 Å². The number of carbonyl (C=O) groups is 2. The summed E-state index contributed by atoms with van der Waals surface area (Å²) in [5.74, 6) is -0.477. The van der Waals surface area contributed by atoms with Crippen LogP contribution in [0.25, 0.3) is 0 Å². The van der Waals surface area contributed by atoms with Crippen LogP contribution in [0.3, 0.4) is 0 Å². The first-order chi connectivity index (χ1) is 6.58. The molecular formula is C10H12N2O2. The Labute approximate surface area is 82.1 Å². The van der Waals surface area contributed by atoms with Crippen molar-refractivity contribution in [1.82, 2.24) is 0 Å². The van der Waals surface area contributed by atoms with Gasteiger partial charge in [0.2, 0.25) is 5.91 Å². The lowest BCUT2D eigenvalue weighted by molar-refractivity contribution is -0.124. The minimum atomic E-state index is -0.317. The van der Waals surface area contributed by atoms with Crippen LogP contribution in [-0.4, -0.2) is 11.7 Å². The maximum atomic E-state index is 11.2. The normalized spacial score (nSPS) is 9.50. The molecular weight excluding hydrogens is 180 g/mol. The van der Waals surface area contributed by atoms with E-state index in [0.717, 1.165) is 0 Å². The second-order valence-electron chi connectivity index (χ2n) is 3.05. The van der Waals surface area contributed by atoms with Gasteiger partial charge in [-0.2, -0.15) is 0 Å². The van der Waals surface area contributed by atoms with Crippen molar-refractivity contribution >= 4 is 23.1 Å². The summed E-state index contributed by atoms with van der Waals surface area (Å²) in [6, 6.07) is 6.81. The van der Waals surface area contributed by atoms with Gasteiger partial charge >= 0.3 is 0 Å². The molecule has 0 fully saturated rings. The Kier molecular flexibility index (Phi) is 3.23. The third kappa shape index (κ3) is 3.26. The van der Waals surface area contributed by atoms with Crippen molar-refractivity contribution < 1.29 is 9.59 Å². The molecule has 0 unspecified atom stereocenters. The number of Topliss-reactive ketones (excluding diaryl/α,β-unsaturated/α-hetero) is 1. The predicted octanol–water partition coefficient (Wildman–Crippen LogP) is 1.19. The molecule has 0 aromatic heterocycles. The third-order valence-corrected chi connectivity index (χ3v) is 1.58. The molecule has 3 N–H and O–H groups in total. The minimum Gasteiger partial charge on any atom is -0.399 e. The number of hydrogen-bond acceptors (Lipinski definition) is 3. The second kappa shape index (κ2) is 4.41. The maximum Gasteiger partial charge on any atom is 0.231 e. The fourth-order valence-electron chi connectivity index (χ4n) is 1.05. The molecule has 1 rings (SSSR count). The van der Waals surface area contributed by atoms with Crippen LogP contribution in [0.5, 0.6) is 0 Å². The van der Waals surface area contributed by atoms with Crippen LogP contribution in [0.15, 0.2) is 24.3 Å². The zero-order valence-corrected chi connectivity index (χ0v) is 7.91. The van der Waals surface area contributed by atoms with Gasteiger partial charge in [0.1, 0.15) is 5.78 Å². The van der Waals surface area contributed by atoms with Crippen LogP contribution in [0, 0.1) is 0 Å². The number of nitrogens with one attached hydrogen (secondary N) is 1. The van der Waals surface area contributed by atoms with Gasteiger partial charge in [-0.3, -0.25) is 9.59 Å². The third-order valence-electron chi connectivity index (χ3n) is 1.58. The van der Waals surface area contributed by atoms with Crippen molar-refractivity contribution in [3.8, 4) is 0 Å². The molecule has 1 aromatic carbocycles. The molecule has 4 heteroatoms. The quantitative estimate of drug-likeness (QED) is 0.558. The summed E-state index contributed by atoms with van der Waals surface area (Å²) in [4.78, 5) is 21.8. The molecule has 0 bridgehead atoms. The molecule has 0 atom stereocenters. The summed E-state index contributed by atoms with van der Waals surface area (Å²) in [5, 5.41) is 2.57. The Morgan fingerprint density at radius 2 is 2.14 bits per heavy atom. The van der Waals surface area contributed by atoms with E-state index in [0.29, 0.717) is 11.4 Å². The monoisotopic (exact) mass is 192 g/mol. The van der Waals surface area contributed by atoms with Gasteiger partial charge in [0.25, 0.3) is 0 Å². The standard InChI is InChI=1S/C10H12N2O2/c1-7(13)5-10(14)12-9-4-2-3-8(11)6-9/h2-4,6H,5,11H2,1H3,(H,12,14). The molecule has 1 amide bonds. The smallest absolute Gasteiger partial charge is 0.231 e. The fraction of sp³-hybridized carbons (Fsp3) is 0.200. The second-order valence-corrected chi connectivity index (χ2v) is 3.05. The molecule has 74 valence electrons. The van der Waals surface area contributed by atoms with E-state index in [2.05, 4.69) is 5.32 Å². The Hall–Kier alpha value is -1.84. The summed E-state index contributed by atoms with van der Waals surface area (Å²) < 4.78 is 0. The number of amides is 1. The Morgan fingerprint density at radius 1 is 1.43 bits per heavy atom. The van der Waals surface area contributed by atoms with E-state index in [1.165, 1.54) is 6.92 Å². The van der Waals surface area contributed by atoms with E-state index >= 15 is 0 Å². The molecule has 0 saturated carbocycles. The molecule has 0 aliphatic heterocycles. The lowest BCUT2D eigenvalue weighted by Gasteiger charge is -2.03. The highest BCUT2D eigenvalue weighted by atomic mass is 16.2. The van der Waals surface area contributed by atoms with Gasteiger partial charge in [-0.15, -0.1) is 0 Å². The van der Waals surface area contributed by atoms with Gasteiger partial charge in [-0.25, -0.2) is 0 Å². The Balaban J connectivity index is 2.60. The van der Waals surface area contributed by atoms with Crippen molar-refractivity contribution in [2.75, 3.05) is 11.1 Å². The van der Waals surface area contributed by atoms with Gasteiger partial charge in [0, 0.05) is 11.4 Å². The van der Waals surface area contributed by atoms with Crippen LogP contribution in [0.4, 0.5) is 11.4 Å². The van der Waals surface area contributed by atoms with Crippen LogP contribution in [-0.2, 0) is 9.59 Å². The summed E-state index contributed by atoms with van der Waals surface area (Å²) in [7, 11) is 0. The first-order valence-electron chi connectivity index (χ1n) is 4.23. The van der Waals surface area contributed by atoms with Gasteiger partial charge < -0.3 is 11.1 Å². The summed E-state index contributed by atoms with van der Waals surface area (Å²) in [5.41, 5.74) is 6.70. The fourth-order valence-corrected chi connectivity index (χ4v) is 1.05. The summed E-state index contributed by atoms with van der Waals surface area (Å²) in [6.45, 7) is 1.37. The van der Waals surface area contributed by atoms with E-state index < -0.39 is 0 Å². The number of anilines is 2. The highest BCUT2D eigenvalue weighted by Gasteiger charge is 2.04. The van der Waals surface area contributed by atoms with Crippen molar-refractivity contribution in [2.24, 2.45) is 0 Å². The molecule has 14 heavy (non-hydrogen) atoms. The topological polar surface area (TPSA) is 72.2 Å². The number of nitrogens with two attached hydrogens (primary N) is 1. The first kappa shape index (κ1) is 10.2. The molecule has 0 heterocycles. The number of rotatable bonds is 3. The van der Waals surface area contributed by atoms with Crippen LogP contribution in [0.1, 0.15) is 13.3 Å². The van der Waals surface area contributed by atoms with Gasteiger partial charge in [-0.1, -0.05) is 6.07 Å². The van der Waals surface area contributed by atoms with Crippen LogP contribution in [0.2, 0.25) is 0 Å². The number of nitrogen functional groups attached to an aromatic ring is 1. The number of hydrogen-bond donors (Lipinski definition) is 2. The highest BCUT2D eigenvalue weighted by Crippen LogP contribution is 2.11. The lowest BCUT2D eigenvalue weighted by atomic mass is 10.2. The zero-order chi connectivity index (χ0) is 10.6. The summed E-state index contributed by atoms with van der Waals surface area (Å²) in [6.07, 6.45) is -0.102. The predicted molar refractivity (Wildman–Crippen MR) is 54.8 cm³/mol. The molecule has 0 radical (unpaired) electrons. The molecule has 0 saturated heterocycles. The average Bonchev–Trinajstić information content (AvgIpc) is 2.01. The van der Waals surface area contributed by atoms with Gasteiger partial charge in [-0.05, 0) is 25.1 Å². The first-order valence-corrected chi connectivity index (χ1v) is 4.23. The van der Waals surface area contributed by atoms with Crippen molar-refractivity contribution in [3.63, 3.8) is 0 Å². The molecule has 0 aliphatic rings. The van der Waals surface area contributed by atoms with Crippen LogP contribution < -0.4 is 11.1 Å². The van der Waals surface area contributed by atoms with E-state index in [1.54, 1.807) is 24.3 Å². The van der Waals surface area contributed by atoms with E-state index in [1.807, 2.05) is 0 Å². The van der Waals surface area contributed by atoms with Gasteiger partial charge in [0.05, 0.1) is 6.42 Å². The Morgan fingerprint density at radius 3 is 2.71 bits per heavy atom. The number of carbonyl (C=O) groups excluding carboxylic acids is 2. The maximum absolute atomic E-state index is 11.2. The minimum absolute atomic E-state index is 0.102. The largest absolute Gasteiger partial charge is 0.399 e. The average molecular weight is 192 g/mol. The van der Waals surface area contributed by atoms with Crippen LogP contribution >= 0.6 is 0 Å². The van der Waals surface area contributed by atoms with Crippen molar-refractivity contribution in [1.29, 1.82) is 0 Å². The van der Waals surface area contributed by atoms with E-state index in [-0.39, 0.29) is 18.1 Å².